The van der Waals surface area contributed by atoms with Gasteiger partial charge in [0.1, 0.15) is 13.2 Å². The quantitative estimate of drug-likeness (QED) is 0.0261. The van der Waals surface area contributed by atoms with Crippen molar-refractivity contribution in [2.75, 3.05) is 13.2 Å². The molecule has 0 N–H and O–H groups in total. The minimum absolute atomic E-state index is 0.0696. The number of rotatable bonds is 60. The van der Waals surface area contributed by atoms with Crippen molar-refractivity contribution in [2.45, 2.75) is 361 Å². The number of ether oxygens (including phenoxy) is 3. The number of esters is 3. The van der Waals surface area contributed by atoms with Crippen LogP contribution in [0.25, 0.3) is 0 Å². The van der Waals surface area contributed by atoms with Crippen molar-refractivity contribution in [1.82, 2.24) is 0 Å². The fourth-order valence-electron chi connectivity index (χ4n) is 9.71. The van der Waals surface area contributed by atoms with Gasteiger partial charge in [-0.15, -0.1) is 0 Å². The Bertz CT molecular complexity index is 1220. The Morgan fingerprint density at radius 1 is 0.274 bits per heavy atom. The third-order valence-electron chi connectivity index (χ3n) is 14.6. The van der Waals surface area contributed by atoms with E-state index in [4.69, 9.17) is 14.2 Å². The molecule has 0 fully saturated rings. The molecule has 0 spiro atoms. The van der Waals surface area contributed by atoms with Crippen LogP contribution in [0.2, 0.25) is 0 Å². The molecule has 0 amide bonds. The average molecular weight is 1030 g/mol. The predicted molar refractivity (Wildman–Crippen MR) is 316 cm³/mol. The summed E-state index contributed by atoms with van der Waals surface area (Å²) in [7, 11) is 0. The number of hydrogen-bond donors (Lipinski definition) is 0. The molecule has 0 aliphatic heterocycles. The molecule has 0 aliphatic rings. The van der Waals surface area contributed by atoms with Crippen LogP contribution in [0, 0.1) is 0 Å². The summed E-state index contributed by atoms with van der Waals surface area (Å²) in [6, 6.07) is 0. The zero-order valence-corrected chi connectivity index (χ0v) is 49.2. The molecule has 0 aliphatic carbocycles. The molecule has 6 heteroatoms. The van der Waals surface area contributed by atoms with Crippen LogP contribution in [0.3, 0.4) is 0 Å². The van der Waals surface area contributed by atoms with Gasteiger partial charge >= 0.3 is 17.9 Å². The Morgan fingerprint density at radius 3 is 0.795 bits per heavy atom. The van der Waals surface area contributed by atoms with Crippen molar-refractivity contribution in [3.05, 3.63) is 36.5 Å². The van der Waals surface area contributed by atoms with Crippen LogP contribution in [0.15, 0.2) is 36.5 Å². The van der Waals surface area contributed by atoms with E-state index in [1.807, 2.05) is 0 Å². The van der Waals surface area contributed by atoms with Crippen molar-refractivity contribution in [3.8, 4) is 0 Å². The molecule has 6 nitrogen and oxygen atoms in total. The van der Waals surface area contributed by atoms with Crippen LogP contribution in [0.5, 0.6) is 0 Å². The van der Waals surface area contributed by atoms with Crippen LogP contribution in [-0.4, -0.2) is 37.2 Å². The van der Waals surface area contributed by atoms with Gasteiger partial charge in [0, 0.05) is 19.3 Å². The van der Waals surface area contributed by atoms with Crippen LogP contribution in [-0.2, 0) is 28.6 Å². The molecule has 0 saturated carbocycles. The fraction of sp³-hybridized carbons (Fsp3) is 0.866. The maximum Gasteiger partial charge on any atom is 0.306 e. The molecule has 0 unspecified atom stereocenters. The molecule has 0 bridgehead atoms. The highest BCUT2D eigenvalue weighted by atomic mass is 16.6. The van der Waals surface area contributed by atoms with Crippen LogP contribution in [0.4, 0.5) is 0 Å². The highest BCUT2D eigenvalue weighted by Gasteiger charge is 2.19. The monoisotopic (exact) mass is 1020 g/mol. The summed E-state index contributed by atoms with van der Waals surface area (Å²) >= 11 is 0. The lowest BCUT2D eigenvalue weighted by Crippen LogP contribution is -2.30. The van der Waals surface area contributed by atoms with Crippen LogP contribution in [0.1, 0.15) is 355 Å². The third-order valence-corrected chi connectivity index (χ3v) is 14.6. The molecule has 0 aromatic heterocycles. The molecule has 0 aromatic rings. The molecule has 0 saturated heterocycles. The first-order chi connectivity index (χ1) is 36.0. The van der Waals surface area contributed by atoms with E-state index in [2.05, 4.69) is 57.2 Å². The Hall–Kier alpha value is -2.37. The Balaban J connectivity index is 4.34. The first-order valence-corrected chi connectivity index (χ1v) is 32.5. The van der Waals surface area contributed by atoms with Crippen LogP contribution < -0.4 is 0 Å². The predicted octanol–water partition coefficient (Wildman–Crippen LogP) is 22.0. The maximum atomic E-state index is 12.9. The van der Waals surface area contributed by atoms with Gasteiger partial charge in [-0.1, -0.05) is 295 Å². The van der Waals surface area contributed by atoms with E-state index in [1.54, 1.807) is 0 Å². The molecular weight excluding hydrogens is 901 g/mol. The second-order valence-electron chi connectivity index (χ2n) is 22.0. The van der Waals surface area contributed by atoms with Crippen molar-refractivity contribution in [3.63, 3.8) is 0 Å². The Kier molecular flexibility index (Phi) is 60.2. The van der Waals surface area contributed by atoms with Crippen molar-refractivity contribution in [2.24, 2.45) is 0 Å². The zero-order chi connectivity index (χ0) is 52.9. The molecule has 0 aromatic carbocycles. The summed E-state index contributed by atoms with van der Waals surface area (Å²) in [6.45, 7) is 6.67. The topological polar surface area (TPSA) is 78.9 Å². The van der Waals surface area contributed by atoms with Gasteiger partial charge in [0.25, 0.3) is 0 Å². The van der Waals surface area contributed by atoms with E-state index in [9.17, 15) is 14.4 Å². The maximum absolute atomic E-state index is 12.9. The molecule has 0 heterocycles. The Labute approximate surface area is 455 Å². The molecule has 1 atom stereocenters. The summed E-state index contributed by atoms with van der Waals surface area (Å²) in [5.41, 5.74) is 0. The lowest BCUT2D eigenvalue weighted by atomic mass is 10.0. The van der Waals surface area contributed by atoms with Crippen molar-refractivity contribution >= 4 is 17.9 Å². The van der Waals surface area contributed by atoms with E-state index < -0.39 is 6.10 Å². The number of allylic oxidation sites excluding steroid dienone is 6. The van der Waals surface area contributed by atoms with E-state index in [0.717, 1.165) is 64.2 Å². The fourth-order valence-corrected chi connectivity index (χ4v) is 9.71. The first kappa shape index (κ1) is 70.6. The summed E-state index contributed by atoms with van der Waals surface area (Å²) in [6.07, 6.45) is 75.7. The van der Waals surface area contributed by atoms with Gasteiger partial charge in [-0.3, -0.25) is 14.4 Å². The van der Waals surface area contributed by atoms with Gasteiger partial charge in [0.05, 0.1) is 0 Å². The number of carbonyl (C=O) groups excluding carboxylic acids is 3. The smallest absolute Gasteiger partial charge is 0.306 e. The highest BCUT2D eigenvalue weighted by molar-refractivity contribution is 5.71. The standard InChI is InChI=1S/C67H124O6/c1-4-7-10-13-16-19-22-25-28-31-33-36-39-42-45-48-51-54-57-60-66(69)72-63-64(62-71-65(68)59-56-53-50-47-44-41-38-35-30-27-24-21-18-15-12-9-6-3)73-67(70)61-58-55-52-49-46-43-40-37-34-32-29-26-23-20-17-14-11-8-5-2/h16,19,25-26,28-29,64H,4-15,17-18,20-24,27,30-63H2,1-3H3/b19-16+,28-25+,29-26+/t64-/m1/s1. The lowest BCUT2D eigenvalue weighted by molar-refractivity contribution is -0.167. The Morgan fingerprint density at radius 2 is 0.493 bits per heavy atom. The normalized spacial score (nSPS) is 12.2. The van der Waals surface area contributed by atoms with Crippen molar-refractivity contribution < 1.29 is 28.6 Å². The van der Waals surface area contributed by atoms with Gasteiger partial charge in [-0.25, -0.2) is 0 Å². The molecular formula is C67H124O6. The second kappa shape index (κ2) is 62.2. The minimum atomic E-state index is -0.773. The van der Waals surface area contributed by atoms with Gasteiger partial charge in [-0.2, -0.15) is 0 Å². The minimum Gasteiger partial charge on any atom is -0.462 e. The number of hydrogen-bond acceptors (Lipinski definition) is 6. The van der Waals surface area contributed by atoms with Gasteiger partial charge in [0.15, 0.2) is 6.10 Å². The van der Waals surface area contributed by atoms with E-state index in [-0.39, 0.29) is 31.1 Å². The molecule has 0 rings (SSSR count). The van der Waals surface area contributed by atoms with Gasteiger partial charge in [0.2, 0.25) is 0 Å². The van der Waals surface area contributed by atoms with E-state index >= 15 is 0 Å². The first-order valence-electron chi connectivity index (χ1n) is 32.5. The summed E-state index contributed by atoms with van der Waals surface area (Å²) < 4.78 is 17.0. The summed E-state index contributed by atoms with van der Waals surface area (Å²) in [5.74, 6) is -0.851. The lowest BCUT2D eigenvalue weighted by Gasteiger charge is -2.18. The number of unbranched alkanes of at least 4 members (excludes halogenated alkanes) is 43. The SMILES string of the molecule is CCCCC/C=C/C/C=C/CCCCCCCCCCCC(=O)OC[C@@H](COC(=O)CCCCCCCCCCCCCCCCCCC)OC(=O)CCCCCCCCCCC/C=C/CCCCCCCC. The van der Waals surface area contributed by atoms with Crippen LogP contribution >= 0.6 is 0 Å². The molecule has 0 radical (unpaired) electrons. The zero-order valence-electron chi connectivity index (χ0n) is 49.2. The second-order valence-corrected chi connectivity index (χ2v) is 22.0. The molecule has 73 heavy (non-hydrogen) atoms. The number of carbonyl (C=O) groups is 3. The summed E-state index contributed by atoms with van der Waals surface area (Å²) in [4.78, 5) is 38.3. The average Bonchev–Trinajstić information content (AvgIpc) is 3.39. The van der Waals surface area contributed by atoms with E-state index in [0.29, 0.717) is 19.3 Å². The summed E-state index contributed by atoms with van der Waals surface area (Å²) in [5, 5.41) is 0. The van der Waals surface area contributed by atoms with Crippen molar-refractivity contribution in [1.29, 1.82) is 0 Å². The molecule has 428 valence electrons. The third kappa shape index (κ3) is 60.4. The largest absolute Gasteiger partial charge is 0.462 e. The van der Waals surface area contributed by atoms with E-state index in [1.165, 1.54) is 250 Å². The van der Waals surface area contributed by atoms with Gasteiger partial charge in [-0.05, 0) is 77.0 Å². The highest BCUT2D eigenvalue weighted by Crippen LogP contribution is 2.17. The van der Waals surface area contributed by atoms with Gasteiger partial charge < -0.3 is 14.2 Å².